The first kappa shape index (κ1) is 12.2. The van der Waals surface area contributed by atoms with Gasteiger partial charge in [-0.3, -0.25) is 10.1 Å². The molecule has 0 aliphatic carbocycles. The molecule has 18 heavy (non-hydrogen) atoms. The number of anilines is 1. The normalized spacial score (nSPS) is 10.3. The van der Waals surface area contributed by atoms with E-state index in [4.69, 9.17) is 16.1 Å². The van der Waals surface area contributed by atoms with Crippen LogP contribution >= 0.6 is 11.6 Å². The van der Waals surface area contributed by atoms with Crippen molar-refractivity contribution in [2.75, 3.05) is 11.9 Å². The molecule has 0 fully saturated rings. The molecule has 1 N–H and O–H groups in total. The summed E-state index contributed by atoms with van der Waals surface area (Å²) in [6.07, 6.45) is 2.74. The predicted octanol–water partition coefficient (Wildman–Crippen LogP) is 1.08. The van der Waals surface area contributed by atoms with E-state index in [1.54, 1.807) is 0 Å². The van der Waals surface area contributed by atoms with Crippen LogP contribution in [0.15, 0.2) is 17.0 Å². The molecule has 0 aliphatic rings. The minimum absolute atomic E-state index is 0.0551. The van der Waals surface area contributed by atoms with E-state index in [-0.39, 0.29) is 16.8 Å². The maximum atomic E-state index is 10.7. The fourth-order valence-corrected chi connectivity index (χ4v) is 1.34. The highest BCUT2D eigenvalue weighted by molar-refractivity contribution is 6.28. The number of nitrogens with one attached hydrogen (secondary N) is 1. The summed E-state index contributed by atoms with van der Waals surface area (Å²) in [6.45, 7) is 0.344. The van der Waals surface area contributed by atoms with Gasteiger partial charge >= 0.3 is 5.69 Å². The number of hydrogen-bond donors (Lipinski definition) is 1. The fourth-order valence-electron chi connectivity index (χ4n) is 1.21. The maximum Gasteiger partial charge on any atom is 0.329 e. The van der Waals surface area contributed by atoms with Crippen molar-refractivity contribution < 1.29 is 9.45 Å². The molecule has 0 aromatic carbocycles. The monoisotopic (exact) mass is 270 g/mol. The van der Waals surface area contributed by atoms with E-state index >= 15 is 0 Å². The summed E-state index contributed by atoms with van der Waals surface area (Å²) in [4.78, 5) is 21.2. The van der Waals surface area contributed by atoms with Crippen molar-refractivity contribution in [1.82, 2.24) is 20.1 Å². The van der Waals surface area contributed by atoms with Gasteiger partial charge in [0.25, 0.3) is 0 Å². The lowest BCUT2D eigenvalue weighted by Gasteiger charge is -2.04. The highest BCUT2D eigenvalue weighted by Crippen LogP contribution is 2.21. The molecular formula is C8H7ClN6O3. The van der Waals surface area contributed by atoms with Gasteiger partial charge in [0.1, 0.15) is 6.20 Å². The molecule has 94 valence electrons. The smallest absolute Gasteiger partial charge is 0.329 e. The lowest BCUT2D eigenvalue weighted by Crippen LogP contribution is -2.09. The van der Waals surface area contributed by atoms with Crippen LogP contribution in [0.4, 0.5) is 11.5 Å². The van der Waals surface area contributed by atoms with Crippen LogP contribution in [0.2, 0.25) is 5.28 Å². The van der Waals surface area contributed by atoms with E-state index < -0.39 is 4.92 Å². The lowest BCUT2D eigenvalue weighted by atomic mass is 10.4. The molecule has 0 radical (unpaired) electrons. The van der Waals surface area contributed by atoms with Gasteiger partial charge in [0.15, 0.2) is 6.33 Å². The van der Waals surface area contributed by atoms with Crippen molar-refractivity contribution in [3.05, 3.63) is 33.8 Å². The highest BCUT2D eigenvalue weighted by atomic mass is 35.5. The van der Waals surface area contributed by atoms with Crippen molar-refractivity contribution in [1.29, 1.82) is 0 Å². The minimum Gasteiger partial charge on any atom is -0.364 e. The van der Waals surface area contributed by atoms with E-state index in [9.17, 15) is 10.1 Å². The molecule has 2 aromatic rings. The average molecular weight is 271 g/mol. The van der Waals surface area contributed by atoms with E-state index in [1.165, 1.54) is 6.33 Å². The van der Waals surface area contributed by atoms with Crippen molar-refractivity contribution in [3.8, 4) is 0 Å². The number of halogens is 1. The molecule has 10 heteroatoms. The second kappa shape index (κ2) is 5.36. The summed E-state index contributed by atoms with van der Waals surface area (Å²) >= 11 is 5.57. The third-order valence-corrected chi connectivity index (χ3v) is 2.16. The van der Waals surface area contributed by atoms with Crippen LogP contribution in [0.25, 0.3) is 0 Å². The van der Waals surface area contributed by atoms with Crippen molar-refractivity contribution in [2.24, 2.45) is 0 Å². The summed E-state index contributed by atoms with van der Waals surface area (Å²) in [5.41, 5.74) is -0.245. The van der Waals surface area contributed by atoms with E-state index in [0.717, 1.165) is 6.20 Å². The number of rotatable bonds is 5. The number of nitro groups is 1. The van der Waals surface area contributed by atoms with Crippen LogP contribution < -0.4 is 5.32 Å². The molecule has 2 rings (SSSR count). The zero-order valence-corrected chi connectivity index (χ0v) is 9.66. The van der Waals surface area contributed by atoms with Gasteiger partial charge in [-0.25, -0.2) is 4.98 Å². The summed E-state index contributed by atoms with van der Waals surface area (Å²) < 4.78 is 4.78. The van der Waals surface area contributed by atoms with Gasteiger partial charge in [-0.1, -0.05) is 5.16 Å². The molecule has 2 aromatic heterocycles. The molecule has 0 amide bonds. The topological polar surface area (TPSA) is 120 Å². The van der Waals surface area contributed by atoms with E-state index in [2.05, 4.69) is 25.4 Å². The molecule has 0 saturated carbocycles. The largest absolute Gasteiger partial charge is 0.364 e. The standard InChI is InChI=1S/C8H7ClN6O3/c9-8-11-3-5(15(16)17)7(14-8)10-2-1-6-12-4-13-18-6/h3-4H,1-2H2,(H,10,11,14). The molecule has 0 saturated heterocycles. The molecule has 0 bridgehead atoms. The van der Waals surface area contributed by atoms with Crippen LogP contribution in [-0.2, 0) is 6.42 Å². The Morgan fingerprint density at radius 3 is 3.00 bits per heavy atom. The second-order valence-electron chi connectivity index (χ2n) is 3.14. The highest BCUT2D eigenvalue weighted by Gasteiger charge is 2.16. The Balaban J connectivity index is 2.03. The van der Waals surface area contributed by atoms with E-state index in [0.29, 0.717) is 18.9 Å². The Morgan fingerprint density at radius 1 is 1.50 bits per heavy atom. The Morgan fingerprint density at radius 2 is 2.33 bits per heavy atom. The summed E-state index contributed by atoms with van der Waals surface area (Å²) in [7, 11) is 0. The van der Waals surface area contributed by atoms with Gasteiger partial charge in [0.05, 0.1) is 4.92 Å². The molecular weight excluding hydrogens is 264 g/mol. The Bertz CT molecular complexity index is 546. The van der Waals surface area contributed by atoms with Crippen LogP contribution in [0.1, 0.15) is 5.89 Å². The number of aromatic nitrogens is 4. The first-order valence-electron chi connectivity index (χ1n) is 4.83. The van der Waals surface area contributed by atoms with Gasteiger partial charge in [-0.15, -0.1) is 0 Å². The van der Waals surface area contributed by atoms with Crippen LogP contribution in [0.3, 0.4) is 0 Å². The van der Waals surface area contributed by atoms with Gasteiger partial charge in [-0.2, -0.15) is 9.97 Å². The Labute approximate surface area is 105 Å². The van der Waals surface area contributed by atoms with E-state index in [1.807, 2.05) is 0 Å². The van der Waals surface area contributed by atoms with Crippen LogP contribution in [-0.4, -0.2) is 31.6 Å². The zero-order chi connectivity index (χ0) is 13.0. The van der Waals surface area contributed by atoms with Crippen molar-refractivity contribution >= 4 is 23.1 Å². The summed E-state index contributed by atoms with van der Waals surface area (Å²) in [5.74, 6) is 0.477. The number of hydrogen-bond acceptors (Lipinski definition) is 8. The zero-order valence-electron chi connectivity index (χ0n) is 8.91. The SMILES string of the molecule is O=[N+]([O-])c1cnc(Cl)nc1NCCc1ncno1. The first-order chi connectivity index (χ1) is 8.66. The van der Waals surface area contributed by atoms with Crippen LogP contribution in [0, 0.1) is 10.1 Å². The first-order valence-corrected chi connectivity index (χ1v) is 5.21. The lowest BCUT2D eigenvalue weighted by molar-refractivity contribution is -0.384. The third-order valence-electron chi connectivity index (χ3n) is 1.97. The molecule has 0 spiro atoms. The van der Waals surface area contributed by atoms with Crippen LogP contribution in [0.5, 0.6) is 0 Å². The average Bonchev–Trinajstić information content (AvgIpc) is 2.82. The number of nitrogens with zero attached hydrogens (tertiary/aromatic N) is 5. The van der Waals surface area contributed by atoms with Crippen molar-refractivity contribution in [3.63, 3.8) is 0 Å². The fraction of sp³-hybridized carbons (Fsp3) is 0.250. The van der Waals surface area contributed by atoms with Gasteiger partial charge in [-0.05, 0) is 11.6 Å². The third kappa shape index (κ3) is 2.88. The van der Waals surface area contributed by atoms with Gasteiger partial charge < -0.3 is 9.84 Å². The minimum atomic E-state index is -0.592. The van der Waals surface area contributed by atoms with Crippen molar-refractivity contribution in [2.45, 2.75) is 6.42 Å². The summed E-state index contributed by atoms with van der Waals surface area (Å²) in [5, 5.41) is 16.9. The quantitative estimate of drug-likeness (QED) is 0.487. The maximum absolute atomic E-state index is 10.7. The predicted molar refractivity (Wildman–Crippen MR) is 60.2 cm³/mol. The molecule has 0 unspecified atom stereocenters. The Kier molecular flexibility index (Phi) is 3.63. The Hall–Kier alpha value is -2.29. The molecule has 2 heterocycles. The van der Waals surface area contributed by atoms with Gasteiger partial charge in [0.2, 0.25) is 17.0 Å². The molecule has 0 aliphatic heterocycles. The van der Waals surface area contributed by atoms with Gasteiger partial charge in [0, 0.05) is 13.0 Å². The molecule has 9 nitrogen and oxygen atoms in total. The summed E-state index contributed by atoms with van der Waals surface area (Å²) in [6, 6.07) is 0. The molecule has 0 atom stereocenters. The second-order valence-corrected chi connectivity index (χ2v) is 3.48.